The summed E-state index contributed by atoms with van der Waals surface area (Å²) in [6.07, 6.45) is 0.836. The molecule has 0 spiro atoms. The molecule has 0 saturated carbocycles. The van der Waals surface area contributed by atoms with Gasteiger partial charge in [0.1, 0.15) is 24.0 Å². The fourth-order valence-corrected chi connectivity index (χ4v) is 6.31. The van der Waals surface area contributed by atoms with Gasteiger partial charge in [0.05, 0.1) is 17.9 Å². The third kappa shape index (κ3) is 7.94. The molecule has 0 heterocycles. The number of nitrogens with two attached hydrogens (primary N) is 2. The summed E-state index contributed by atoms with van der Waals surface area (Å²) < 4.78 is 15.5. The highest BCUT2D eigenvalue weighted by atomic mass is 79.9. The molecule has 0 bridgehead atoms. The smallest absolute Gasteiger partial charge is 0.150 e. The van der Waals surface area contributed by atoms with Crippen molar-refractivity contribution in [1.29, 1.82) is 0 Å². The van der Waals surface area contributed by atoms with Gasteiger partial charge < -0.3 is 9.47 Å². The minimum atomic E-state index is -0.363. The average Bonchev–Trinajstić information content (AvgIpc) is 2.66. The van der Waals surface area contributed by atoms with Gasteiger partial charge in [-0.2, -0.15) is 0 Å². The van der Waals surface area contributed by atoms with Gasteiger partial charge in [0.25, 0.3) is 0 Å². The average molecular weight is 714 g/mol. The predicted molar refractivity (Wildman–Crippen MR) is 152 cm³/mol. The highest BCUT2D eigenvalue weighted by Gasteiger charge is 2.28. The van der Waals surface area contributed by atoms with E-state index in [4.69, 9.17) is 20.9 Å². The zero-order valence-electron chi connectivity index (χ0n) is 20.0. The molecule has 2 aromatic carbocycles. The molecule has 4 N–H and O–H groups in total. The standard InChI is InChI=1S/C25H34Br4N2O2/c1-13(2)7-21(30)32-23-17(26)9-15(10-18(23)27)25(5,6)16-11-19(28)24(20(29)12-16)33-22(31)8-14(3)4/h9-14,21-22H,7-8,30-31H2,1-6H3. The first-order valence-electron chi connectivity index (χ1n) is 11.1. The SMILES string of the molecule is CC(C)CC(N)Oc1c(Br)cc(C(C)(C)c2cc(Br)c(OC(N)CC(C)C)c(Br)c2)cc1Br. The molecule has 0 aliphatic heterocycles. The number of hydrogen-bond donors (Lipinski definition) is 2. The fourth-order valence-electron chi connectivity index (χ4n) is 3.56. The number of benzene rings is 2. The molecule has 0 radical (unpaired) electrons. The molecule has 8 heteroatoms. The molecular weight excluding hydrogens is 680 g/mol. The Bertz CT molecular complexity index is 842. The van der Waals surface area contributed by atoms with Crippen molar-refractivity contribution in [3.8, 4) is 11.5 Å². The van der Waals surface area contributed by atoms with Crippen molar-refractivity contribution < 1.29 is 9.47 Å². The maximum absolute atomic E-state index is 6.17. The minimum Gasteiger partial charge on any atom is -0.473 e. The molecule has 184 valence electrons. The Morgan fingerprint density at radius 3 is 1.18 bits per heavy atom. The second kappa shape index (κ2) is 12.2. The lowest BCUT2D eigenvalue weighted by molar-refractivity contribution is 0.179. The maximum Gasteiger partial charge on any atom is 0.150 e. The number of ether oxygens (including phenoxy) is 2. The summed E-state index contributed by atoms with van der Waals surface area (Å²) in [5, 5.41) is 0. The summed E-state index contributed by atoms with van der Waals surface area (Å²) in [5.74, 6) is 2.35. The van der Waals surface area contributed by atoms with Crippen molar-refractivity contribution in [2.24, 2.45) is 23.3 Å². The van der Waals surface area contributed by atoms with Crippen LogP contribution in [0.5, 0.6) is 11.5 Å². The molecule has 0 fully saturated rings. The van der Waals surface area contributed by atoms with Crippen LogP contribution in [-0.2, 0) is 5.41 Å². The summed E-state index contributed by atoms with van der Waals surface area (Å²) >= 11 is 14.7. The minimum absolute atomic E-state index is 0.298. The highest BCUT2D eigenvalue weighted by Crippen LogP contribution is 2.44. The molecule has 4 nitrogen and oxygen atoms in total. The predicted octanol–water partition coefficient (Wildman–Crippen LogP) is 8.48. The van der Waals surface area contributed by atoms with Crippen molar-refractivity contribution in [1.82, 2.24) is 0 Å². The quantitative estimate of drug-likeness (QED) is 0.243. The van der Waals surface area contributed by atoms with Crippen LogP contribution in [0, 0.1) is 11.8 Å². The largest absolute Gasteiger partial charge is 0.473 e. The Balaban J connectivity index is 2.35. The van der Waals surface area contributed by atoms with Crippen LogP contribution < -0.4 is 20.9 Å². The van der Waals surface area contributed by atoms with E-state index in [0.717, 1.165) is 41.9 Å². The van der Waals surface area contributed by atoms with Gasteiger partial charge >= 0.3 is 0 Å². The van der Waals surface area contributed by atoms with Crippen LogP contribution in [0.2, 0.25) is 0 Å². The van der Waals surface area contributed by atoms with E-state index in [1.807, 2.05) is 0 Å². The van der Waals surface area contributed by atoms with E-state index in [1.165, 1.54) is 0 Å². The Labute approximate surface area is 232 Å². The van der Waals surface area contributed by atoms with E-state index in [0.29, 0.717) is 23.3 Å². The van der Waals surface area contributed by atoms with Crippen molar-refractivity contribution in [2.75, 3.05) is 0 Å². The lowest BCUT2D eigenvalue weighted by Gasteiger charge is -2.29. The van der Waals surface area contributed by atoms with Crippen LogP contribution in [0.3, 0.4) is 0 Å². The third-order valence-corrected chi connectivity index (χ3v) is 7.74. The van der Waals surface area contributed by atoms with Crippen LogP contribution in [0.4, 0.5) is 0 Å². The van der Waals surface area contributed by atoms with Gasteiger partial charge in [-0.15, -0.1) is 0 Å². The first kappa shape index (κ1) is 29.1. The number of halogens is 4. The van der Waals surface area contributed by atoms with Gasteiger partial charge in [-0.25, -0.2) is 0 Å². The van der Waals surface area contributed by atoms with Gasteiger partial charge in [0.15, 0.2) is 0 Å². The summed E-state index contributed by atoms with van der Waals surface area (Å²) in [7, 11) is 0. The second-order valence-corrected chi connectivity index (χ2v) is 13.2. The molecule has 2 unspecified atom stereocenters. The van der Waals surface area contributed by atoms with Crippen molar-refractivity contribution in [3.05, 3.63) is 53.3 Å². The van der Waals surface area contributed by atoms with E-state index < -0.39 is 0 Å². The van der Waals surface area contributed by atoms with Gasteiger partial charge in [-0.05, 0) is 111 Å². The fraction of sp³-hybridized carbons (Fsp3) is 0.520. The van der Waals surface area contributed by atoms with E-state index in [1.54, 1.807) is 0 Å². The Kier molecular flexibility index (Phi) is 10.8. The molecule has 0 amide bonds. The summed E-state index contributed by atoms with van der Waals surface area (Å²) in [6.45, 7) is 12.9. The molecular formula is C25H34Br4N2O2. The Morgan fingerprint density at radius 2 is 0.939 bits per heavy atom. The van der Waals surface area contributed by atoms with E-state index >= 15 is 0 Å². The summed E-state index contributed by atoms with van der Waals surface area (Å²) in [5.41, 5.74) is 14.3. The number of rotatable bonds is 10. The molecule has 2 aromatic rings. The van der Waals surface area contributed by atoms with Crippen molar-refractivity contribution >= 4 is 63.7 Å². The molecule has 0 saturated heterocycles. The van der Waals surface area contributed by atoms with Crippen LogP contribution in [0.25, 0.3) is 0 Å². The zero-order valence-corrected chi connectivity index (χ0v) is 26.4. The normalized spacial score (nSPS) is 14.0. The molecule has 2 rings (SSSR count). The van der Waals surface area contributed by atoms with Crippen LogP contribution in [-0.4, -0.2) is 12.5 Å². The van der Waals surface area contributed by atoms with Gasteiger partial charge in [0.2, 0.25) is 0 Å². The van der Waals surface area contributed by atoms with E-state index in [-0.39, 0.29) is 17.9 Å². The monoisotopic (exact) mass is 710 g/mol. The van der Waals surface area contributed by atoms with Crippen LogP contribution >= 0.6 is 63.7 Å². The van der Waals surface area contributed by atoms with Gasteiger partial charge in [-0.1, -0.05) is 41.5 Å². The number of hydrogen-bond acceptors (Lipinski definition) is 4. The molecule has 0 aliphatic carbocycles. The lowest BCUT2D eigenvalue weighted by Crippen LogP contribution is -2.29. The van der Waals surface area contributed by atoms with E-state index in [9.17, 15) is 0 Å². The highest BCUT2D eigenvalue weighted by molar-refractivity contribution is 9.11. The molecule has 0 aliphatic rings. The van der Waals surface area contributed by atoms with Crippen LogP contribution in [0.15, 0.2) is 42.2 Å². The van der Waals surface area contributed by atoms with Crippen LogP contribution in [0.1, 0.15) is 65.5 Å². The third-order valence-electron chi connectivity index (χ3n) is 5.39. The van der Waals surface area contributed by atoms with E-state index in [2.05, 4.69) is 130 Å². The molecule has 2 atom stereocenters. The second-order valence-electron chi connectivity index (χ2n) is 9.73. The maximum atomic E-state index is 6.17. The summed E-state index contributed by atoms with van der Waals surface area (Å²) in [6, 6.07) is 8.36. The Hall–Kier alpha value is -0.120. The molecule has 0 aromatic heterocycles. The van der Waals surface area contributed by atoms with Crippen molar-refractivity contribution in [2.45, 2.75) is 72.3 Å². The first-order chi connectivity index (χ1) is 15.2. The first-order valence-corrected chi connectivity index (χ1v) is 14.2. The summed E-state index contributed by atoms with van der Waals surface area (Å²) in [4.78, 5) is 0. The zero-order chi connectivity index (χ0) is 25.1. The van der Waals surface area contributed by atoms with Gasteiger partial charge in [-0.3, -0.25) is 11.5 Å². The Morgan fingerprint density at radius 1 is 0.667 bits per heavy atom. The topological polar surface area (TPSA) is 70.5 Å². The van der Waals surface area contributed by atoms with Crippen molar-refractivity contribution in [3.63, 3.8) is 0 Å². The molecule has 33 heavy (non-hydrogen) atoms. The lowest BCUT2D eigenvalue weighted by atomic mass is 9.78. The van der Waals surface area contributed by atoms with Gasteiger partial charge in [0, 0.05) is 18.3 Å².